The Labute approximate surface area is 348 Å². The number of nitrogens with zero attached hydrogens (tertiary/aromatic N) is 1. The SMILES string of the molecule is c1ccc2c(c1)ccc1c2oc2cccc(-c3ccc(N(c4ccc(-c5ccc6c(c5)sc5ccccc56)cc4)c4cccc5oc6c7ccccc7ccc6c45)cc3)c21. The van der Waals surface area contributed by atoms with Crippen molar-refractivity contribution >= 4 is 114 Å². The van der Waals surface area contributed by atoms with E-state index in [2.05, 4.69) is 205 Å². The zero-order chi connectivity index (χ0) is 39.3. The third-order valence-corrected chi connectivity index (χ3v) is 13.4. The van der Waals surface area contributed by atoms with Crippen LogP contribution in [0.15, 0.2) is 209 Å². The van der Waals surface area contributed by atoms with Crippen LogP contribution in [0.2, 0.25) is 0 Å². The van der Waals surface area contributed by atoms with Gasteiger partial charge in [0.1, 0.15) is 22.3 Å². The Morgan fingerprint density at radius 1 is 0.350 bits per heavy atom. The van der Waals surface area contributed by atoms with Crippen molar-refractivity contribution in [2.24, 2.45) is 0 Å². The van der Waals surface area contributed by atoms with Gasteiger partial charge in [0.2, 0.25) is 0 Å². The van der Waals surface area contributed by atoms with E-state index in [0.717, 1.165) is 88.2 Å². The molecular formula is C56H33NO2S. The number of benzene rings is 10. The molecule has 60 heavy (non-hydrogen) atoms. The summed E-state index contributed by atoms with van der Waals surface area (Å²) >= 11 is 1.86. The molecule has 0 spiro atoms. The highest BCUT2D eigenvalue weighted by Crippen LogP contribution is 2.46. The van der Waals surface area contributed by atoms with Gasteiger partial charge in [-0.3, -0.25) is 0 Å². The zero-order valence-electron chi connectivity index (χ0n) is 32.2. The second-order valence-electron chi connectivity index (χ2n) is 15.6. The predicted molar refractivity (Wildman–Crippen MR) is 254 cm³/mol. The molecule has 13 rings (SSSR count). The fourth-order valence-corrected chi connectivity index (χ4v) is 10.6. The van der Waals surface area contributed by atoms with Crippen LogP contribution in [-0.4, -0.2) is 0 Å². The molecule has 0 atom stereocenters. The van der Waals surface area contributed by atoms with Gasteiger partial charge in [-0.1, -0.05) is 133 Å². The van der Waals surface area contributed by atoms with E-state index in [1.807, 2.05) is 11.3 Å². The number of anilines is 3. The van der Waals surface area contributed by atoms with Crippen LogP contribution in [0.5, 0.6) is 0 Å². The predicted octanol–water partition coefficient (Wildman–Crippen LogP) is 17.0. The molecular weight excluding hydrogens is 751 g/mol. The lowest BCUT2D eigenvalue weighted by atomic mass is 9.97. The normalized spacial score (nSPS) is 12.0. The van der Waals surface area contributed by atoms with E-state index >= 15 is 0 Å². The van der Waals surface area contributed by atoms with Crippen LogP contribution in [0.4, 0.5) is 17.1 Å². The van der Waals surface area contributed by atoms with E-state index in [9.17, 15) is 0 Å². The molecule has 3 aromatic heterocycles. The molecule has 0 bridgehead atoms. The van der Waals surface area contributed by atoms with Gasteiger partial charge in [0.05, 0.1) is 11.1 Å². The van der Waals surface area contributed by atoms with Gasteiger partial charge < -0.3 is 13.7 Å². The van der Waals surface area contributed by atoms with E-state index < -0.39 is 0 Å². The van der Waals surface area contributed by atoms with Crippen LogP contribution in [0.1, 0.15) is 0 Å². The van der Waals surface area contributed by atoms with E-state index in [1.165, 1.54) is 36.7 Å². The maximum Gasteiger partial charge on any atom is 0.143 e. The molecule has 0 radical (unpaired) electrons. The standard InChI is InChI=1S/C56H33NO2S/c1-3-11-42-35(9-1)23-31-46-53-41(14-7-16-49(53)58-55(42)46)37-21-28-40(29-22-37)57(48-15-8-17-50-54(48)47-32-24-36-10-2-4-12-43(36)56(47)59-50)39-26-19-34(20-27-39)38-25-30-45-44-13-5-6-18-51(44)60-52(45)33-38/h1-33H. The fourth-order valence-electron chi connectivity index (χ4n) is 9.44. The molecule has 4 heteroatoms. The average Bonchev–Trinajstić information content (AvgIpc) is 4.01. The lowest BCUT2D eigenvalue weighted by Gasteiger charge is -2.26. The van der Waals surface area contributed by atoms with Gasteiger partial charge in [-0.05, 0) is 99.8 Å². The molecule has 3 heterocycles. The minimum atomic E-state index is 0.861. The number of rotatable bonds is 5. The van der Waals surface area contributed by atoms with Crippen molar-refractivity contribution in [1.29, 1.82) is 0 Å². The monoisotopic (exact) mass is 783 g/mol. The first-order valence-electron chi connectivity index (χ1n) is 20.3. The van der Waals surface area contributed by atoms with Gasteiger partial charge in [-0.2, -0.15) is 0 Å². The maximum absolute atomic E-state index is 6.70. The molecule has 0 unspecified atom stereocenters. The van der Waals surface area contributed by atoms with Gasteiger partial charge in [0.25, 0.3) is 0 Å². The highest BCUT2D eigenvalue weighted by Gasteiger charge is 2.21. The van der Waals surface area contributed by atoms with Crippen molar-refractivity contribution < 1.29 is 8.83 Å². The quantitative estimate of drug-likeness (QED) is 0.174. The first kappa shape index (κ1) is 33.3. The first-order valence-corrected chi connectivity index (χ1v) is 21.1. The summed E-state index contributed by atoms with van der Waals surface area (Å²) in [5.41, 5.74) is 11.4. The number of fused-ring (bicyclic) bond motifs is 13. The highest BCUT2D eigenvalue weighted by molar-refractivity contribution is 7.25. The summed E-state index contributed by atoms with van der Waals surface area (Å²) in [6.45, 7) is 0. The van der Waals surface area contributed by atoms with Crippen molar-refractivity contribution in [3.63, 3.8) is 0 Å². The number of hydrogen-bond acceptors (Lipinski definition) is 4. The third-order valence-electron chi connectivity index (χ3n) is 12.3. The Balaban J connectivity index is 0.967. The van der Waals surface area contributed by atoms with Crippen molar-refractivity contribution in [2.45, 2.75) is 0 Å². The summed E-state index contributed by atoms with van der Waals surface area (Å²) in [7, 11) is 0. The van der Waals surface area contributed by atoms with Crippen molar-refractivity contribution in [2.75, 3.05) is 4.90 Å². The van der Waals surface area contributed by atoms with Crippen molar-refractivity contribution in [3.8, 4) is 22.3 Å². The first-order chi connectivity index (χ1) is 29.7. The van der Waals surface area contributed by atoms with Gasteiger partial charge in [-0.25, -0.2) is 0 Å². The molecule has 13 aromatic rings. The average molecular weight is 784 g/mol. The summed E-state index contributed by atoms with van der Waals surface area (Å²) in [6, 6.07) is 72.0. The number of hydrogen-bond donors (Lipinski definition) is 0. The Morgan fingerprint density at radius 2 is 0.883 bits per heavy atom. The Hall–Kier alpha value is -7.66. The van der Waals surface area contributed by atoms with Gasteiger partial charge in [0, 0.05) is 58.5 Å². The lowest BCUT2D eigenvalue weighted by molar-refractivity contribution is 0.672. The Bertz CT molecular complexity index is 3830. The second-order valence-corrected chi connectivity index (χ2v) is 16.7. The smallest absolute Gasteiger partial charge is 0.143 e. The summed E-state index contributed by atoms with van der Waals surface area (Å²) in [6.07, 6.45) is 0. The van der Waals surface area contributed by atoms with Crippen LogP contribution in [0, 0.1) is 0 Å². The summed E-state index contributed by atoms with van der Waals surface area (Å²) in [5, 5.41) is 11.7. The van der Waals surface area contributed by atoms with Crippen LogP contribution in [0.3, 0.4) is 0 Å². The maximum atomic E-state index is 6.70. The minimum Gasteiger partial charge on any atom is -0.455 e. The highest BCUT2D eigenvalue weighted by atomic mass is 32.1. The number of furan rings is 2. The largest absolute Gasteiger partial charge is 0.455 e. The van der Waals surface area contributed by atoms with Gasteiger partial charge in [0.15, 0.2) is 0 Å². The summed E-state index contributed by atoms with van der Waals surface area (Å²) in [4.78, 5) is 2.37. The molecule has 0 saturated carbocycles. The lowest BCUT2D eigenvalue weighted by Crippen LogP contribution is -2.10. The molecule has 10 aromatic carbocycles. The van der Waals surface area contributed by atoms with Crippen LogP contribution in [-0.2, 0) is 0 Å². The molecule has 0 amide bonds. The van der Waals surface area contributed by atoms with E-state index in [1.54, 1.807) is 0 Å². The van der Waals surface area contributed by atoms with Crippen molar-refractivity contribution in [3.05, 3.63) is 200 Å². The molecule has 280 valence electrons. The van der Waals surface area contributed by atoms with Crippen LogP contribution in [0.25, 0.3) is 108 Å². The van der Waals surface area contributed by atoms with Gasteiger partial charge >= 0.3 is 0 Å². The second kappa shape index (κ2) is 12.9. The zero-order valence-corrected chi connectivity index (χ0v) is 33.0. The molecule has 0 aliphatic carbocycles. The van der Waals surface area contributed by atoms with Crippen LogP contribution >= 0.6 is 11.3 Å². The van der Waals surface area contributed by atoms with Crippen LogP contribution < -0.4 is 4.90 Å². The summed E-state index contributed by atoms with van der Waals surface area (Å²) < 4.78 is 15.9. The van der Waals surface area contributed by atoms with Crippen molar-refractivity contribution in [1.82, 2.24) is 0 Å². The minimum absolute atomic E-state index is 0.861. The summed E-state index contributed by atoms with van der Waals surface area (Å²) in [5.74, 6) is 0. The third kappa shape index (κ3) is 5.01. The van der Waals surface area contributed by atoms with Gasteiger partial charge in [-0.15, -0.1) is 11.3 Å². The molecule has 0 aliphatic heterocycles. The molecule has 0 aliphatic rings. The topological polar surface area (TPSA) is 29.5 Å². The molecule has 0 fully saturated rings. The molecule has 0 N–H and O–H groups in total. The Morgan fingerprint density at radius 3 is 1.58 bits per heavy atom. The molecule has 0 saturated heterocycles. The van der Waals surface area contributed by atoms with E-state index in [4.69, 9.17) is 8.83 Å². The van der Waals surface area contributed by atoms with E-state index in [0.29, 0.717) is 0 Å². The van der Waals surface area contributed by atoms with E-state index in [-0.39, 0.29) is 0 Å². The Kier molecular flexibility index (Phi) is 7.18. The number of thiophene rings is 1. The fraction of sp³-hybridized carbons (Fsp3) is 0. The molecule has 3 nitrogen and oxygen atoms in total.